The van der Waals surface area contributed by atoms with E-state index in [4.69, 9.17) is 9.57 Å². The third kappa shape index (κ3) is 2.07. The molecule has 0 aliphatic carbocycles. The largest absolute Gasteiger partial charge is 0.468 e. The van der Waals surface area contributed by atoms with Crippen molar-refractivity contribution in [1.82, 2.24) is 9.78 Å². The zero-order chi connectivity index (χ0) is 11.0. The van der Waals surface area contributed by atoms with Gasteiger partial charge in [-0.2, -0.15) is 5.10 Å². The lowest BCUT2D eigenvalue weighted by Gasteiger charge is -2.19. The second kappa shape index (κ2) is 4.20. The normalized spacial score (nSPS) is 20.5. The Balaban J connectivity index is 2.41. The van der Waals surface area contributed by atoms with Gasteiger partial charge in [0.1, 0.15) is 20.4 Å². The molecule has 0 amide bonds. The third-order valence-electron chi connectivity index (χ3n) is 1.96. The van der Waals surface area contributed by atoms with E-state index in [1.54, 1.807) is 4.68 Å². The van der Waals surface area contributed by atoms with E-state index in [1.165, 1.54) is 0 Å². The summed E-state index contributed by atoms with van der Waals surface area (Å²) in [4.78, 5) is 5.06. The molecule has 1 unspecified atom stereocenters. The van der Waals surface area contributed by atoms with Gasteiger partial charge < -0.3 is 9.57 Å². The molecule has 0 fully saturated rings. The molecule has 2 heterocycles. The van der Waals surface area contributed by atoms with Crippen molar-refractivity contribution in [2.45, 2.75) is 18.1 Å². The predicted molar refractivity (Wildman–Crippen MR) is 66.2 cm³/mol. The number of ether oxygens (including phenoxy) is 1. The second-order valence-corrected chi connectivity index (χ2v) is 4.68. The molecule has 2 rings (SSSR count). The van der Waals surface area contributed by atoms with Gasteiger partial charge in [-0.05, 0) is 34.7 Å². The molecule has 0 radical (unpaired) electrons. The molecular formula is C8H10IN3O2S. The molecule has 82 valence electrons. The van der Waals surface area contributed by atoms with Crippen molar-refractivity contribution >= 4 is 41.1 Å². The molecule has 0 N–H and O–H groups in total. The fourth-order valence-corrected chi connectivity index (χ4v) is 2.49. The number of oxime groups is 1. The Hall–Kier alpha value is -0.440. The molecule has 7 heteroatoms. The molecule has 1 aromatic rings. The van der Waals surface area contributed by atoms with Crippen LogP contribution in [0.2, 0.25) is 0 Å². The van der Waals surface area contributed by atoms with Crippen molar-refractivity contribution in [3.63, 3.8) is 0 Å². The number of aryl methyl sites for hydroxylation is 1. The van der Waals surface area contributed by atoms with Gasteiger partial charge in [0.25, 0.3) is 5.90 Å². The van der Waals surface area contributed by atoms with Crippen molar-refractivity contribution in [2.24, 2.45) is 12.2 Å². The van der Waals surface area contributed by atoms with Gasteiger partial charge in [0.05, 0.1) is 0 Å². The molecule has 5 nitrogen and oxygen atoms in total. The summed E-state index contributed by atoms with van der Waals surface area (Å²) in [7, 11) is 1.82. The monoisotopic (exact) mass is 339 g/mol. The van der Waals surface area contributed by atoms with Crippen LogP contribution in [0.5, 0.6) is 0 Å². The number of hydrogen-bond acceptors (Lipinski definition) is 5. The Morgan fingerprint density at radius 3 is 2.87 bits per heavy atom. The number of thiol groups is 1. The van der Waals surface area contributed by atoms with Crippen LogP contribution in [0.25, 0.3) is 0 Å². The Labute approximate surface area is 106 Å². The van der Waals surface area contributed by atoms with E-state index in [9.17, 15) is 0 Å². The van der Waals surface area contributed by atoms with Gasteiger partial charge in [-0.3, -0.25) is 4.68 Å². The van der Waals surface area contributed by atoms with Crippen LogP contribution in [-0.2, 0) is 16.6 Å². The zero-order valence-electron chi connectivity index (χ0n) is 8.27. The molecule has 0 saturated heterocycles. The quantitative estimate of drug-likeness (QED) is 0.622. The Kier molecular flexibility index (Phi) is 3.10. The van der Waals surface area contributed by atoms with Crippen LogP contribution in [0, 0.1) is 3.70 Å². The summed E-state index contributed by atoms with van der Waals surface area (Å²) in [6.07, 6.45) is 0.00115. The summed E-state index contributed by atoms with van der Waals surface area (Å²) >= 11 is 6.47. The first-order valence-electron chi connectivity index (χ1n) is 4.38. The molecule has 0 bridgehead atoms. The molecule has 1 atom stereocenters. The van der Waals surface area contributed by atoms with E-state index < -0.39 is 0 Å². The van der Waals surface area contributed by atoms with Crippen molar-refractivity contribution < 1.29 is 9.57 Å². The highest BCUT2D eigenvalue weighted by Gasteiger charge is 2.24. The number of hydrogen-bond donors (Lipinski definition) is 1. The molecule has 1 aliphatic heterocycles. The van der Waals surface area contributed by atoms with E-state index in [0.717, 1.165) is 14.3 Å². The van der Waals surface area contributed by atoms with Crippen LogP contribution in [0.15, 0.2) is 10.2 Å². The SMILES string of the molecule is CC1CON=C(c2c(I)nn(C)c2S)O1. The Morgan fingerprint density at radius 1 is 1.60 bits per heavy atom. The van der Waals surface area contributed by atoms with Crippen molar-refractivity contribution in [1.29, 1.82) is 0 Å². The van der Waals surface area contributed by atoms with E-state index in [2.05, 4.69) is 45.5 Å². The molecule has 1 aromatic heterocycles. The highest BCUT2D eigenvalue weighted by molar-refractivity contribution is 14.1. The molecule has 0 aromatic carbocycles. The lowest BCUT2D eigenvalue weighted by molar-refractivity contribution is 0.0193. The summed E-state index contributed by atoms with van der Waals surface area (Å²) in [6.45, 7) is 2.40. The molecular weight excluding hydrogens is 329 g/mol. The summed E-state index contributed by atoms with van der Waals surface area (Å²) < 4.78 is 8.04. The van der Waals surface area contributed by atoms with E-state index in [1.807, 2.05) is 14.0 Å². The first kappa shape index (κ1) is 11.1. The maximum atomic E-state index is 5.57. The minimum absolute atomic E-state index is 0.00115. The Bertz CT molecular complexity index is 418. The predicted octanol–water partition coefficient (Wildman–Crippen LogP) is 1.41. The lowest BCUT2D eigenvalue weighted by atomic mass is 10.3. The van der Waals surface area contributed by atoms with Crippen molar-refractivity contribution in [3.8, 4) is 0 Å². The number of aromatic nitrogens is 2. The average Bonchev–Trinajstić information content (AvgIpc) is 2.41. The van der Waals surface area contributed by atoms with E-state index >= 15 is 0 Å². The van der Waals surface area contributed by atoms with Gasteiger partial charge in [0.2, 0.25) is 0 Å². The van der Waals surface area contributed by atoms with Crippen LogP contribution in [0.4, 0.5) is 0 Å². The fourth-order valence-electron chi connectivity index (χ4n) is 1.22. The number of nitrogens with zero attached hydrogens (tertiary/aromatic N) is 3. The topological polar surface area (TPSA) is 48.6 Å². The van der Waals surface area contributed by atoms with Gasteiger partial charge in [-0.15, -0.1) is 12.6 Å². The number of rotatable bonds is 1. The van der Waals surface area contributed by atoms with Gasteiger partial charge in [-0.1, -0.05) is 0 Å². The van der Waals surface area contributed by atoms with Crippen LogP contribution in [-0.4, -0.2) is 28.4 Å². The first-order chi connectivity index (χ1) is 7.09. The summed E-state index contributed by atoms with van der Waals surface area (Å²) in [5, 5.41) is 8.81. The van der Waals surface area contributed by atoms with Gasteiger partial charge in [0, 0.05) is 7.05 Å². The maximum absolute atomic E-state index is 5.57. The second-order valence-electron chi connectivity index (χ2n) is 3.23. The van der Waals surface area contributed by atoms with Crippen molar-refractivity contribution in [2.75, 3.05) is 6.61 Å². The smallest absolute Gasteiger partial charge is 0.263 e. The lowest BCUT2D eigenvalue weighted by Crippen LogP contribution is -2.25. The Morgan fingerprint density at radius 2 is 2.33 bits per heavy atom. The van der Waals surface area contributed by atoms with Gasteiger partial charge >= 0.3 is 0 Å². The fraction of sp³-hybridized carbons (Fsp3) is 0.500. The third-order valence-corrected chi connectivity index (χ3v) is 3.23. The standard InChI is InChI=1S/C8H10IN3O2S/c1-4-3-13-11-7(14-4)5-6(9)10-12(2)8(5)15/h4,15H,3H2,1-2H3. The van der Waals surface area contributed by atoms with E-state index in [0.29, 0.717) is 12.5 Å². The van der Waals surface area contributed by atoms with E-state index in [-0.39, 0.29) is 6.10 Å². The zero-order valence-corrected chi connectivity index (χ0v) is 11.3. The van der Waals surface area contributed by atoms with Gasteiger partial charge in [0.15, 0.2) is 6.61 Å². The van der Waals surface area contributed by atoms with Gasteiger partial charge in [-0.25, -0.2) is 0 Å². The molecule has 0 spiro atoms. The van der Waals surface area contributed by atoms with Crippen LogP contribution in [0.3, 0.4) is 0 Å². The average molecular weight is 339 g/mol. The molecule has 1 aliphatic rings. The summed E-state index contributed by atoms with van der Waals surface area (Å²) in [5.41, 5.74) is 0.785. The first-order valence-corrected chi connectivity index (χ1v) is 5.90. The van der Waals surface area contributed by atoms with Crippen LogP contribution < -0.4 is 0 Å². The summed E-state index contributed by atoms with van der Waals surface area (Å²) in [6, 6.07) is 0. The van der Waals surface area contributed by atoms with Crippen LogP contribution >= 0.6 is 35.2 Å². The summed E-state index contributed by atoms with van der Waals surface area (Å²) in [5.74, 6) is 0.455. The highest BCUT2D eigenvalue weighted by Crippen LogP contribution is 2.22. The van der Waals surface area contributed by atoms with Crippen LogP contribution in [0.1, 0.15) is 12.5 Å². The minimum Gasteiger partial charge on any atom is -0.468 e. The minimum atomic E-state index is 0.00115. The number of halogens is 1. The maximum Gasteiger partial charge on any atom is 0.263 e. The highest BCUT2D eigenvalue weighted by atomic mass is 127. The van der Waals surface area contributed by atoms with Crippen molar-refractivity contribution in [3.05, 3.63) is 9.26 Å². The molecule has 15 heavy (non-hydrogen) atoms. The molecule has 0 saturated carbocycles.